The summed E-state index contributed by atoms with van der Waals surface area (Å²) < 4.78 is 0. The predicted molar refractivity (Wildman–Crippen MR) is 53.1 cm³/mol. The first-order valence-corrected chi connectivity index (χ1v) is 3.99. The molecule has 0 aliphatic carbocycles. The molecule has 1 rings (SSSR count). The van der Waals surface area contributed by atoms with Gasteiger partial charge < -0.3 is 5.01 Å². The third-order valence-electron chi connectivity index (χ3n) is 1.55. The fraction of sp³-hybridized carbons (Fsp3) is 0.200. The van der Waals surface area contributed by atoms with E-state index in [-0.39, 0.29) is 0 Å². The van der Waals surface area contributed by atoms with Gasteiger partial charge in [-0.3, -0.25) is 4.79 Å². The molecule has 0 unspecified atom stereocenters. The Bertz CT molecular complexity index is 318. The van der Waals surface area contributed by atoms with Crippen molar-refractivity contribution < 1.29 is 4.79 Å². The zero-order valence-electron chi connectivity index (χ0n) is 7.77. The van der Waals surface area contributed by atoms with Gasteiger partial charge in [0, 0.05) is 25.2 Å². The van der Waals surface area contributed by atoms with Gasteiger partial charge in [0.05, 0.1) is 6.21 Å². The molecule has 0 saturated carbocycles. The van der Waals surface area contributed by atoms with Crippen LogP contribution in [-0.4, -0.2) is 31.6 Å². The maximum atomic E-state index is 10.6. The predicted octanol–water partition coefficient (Wildman–Crippen LogP) is 1.39. The molecule has 0 N–H and O–H groups in total. The van der Waals surface area contributed by atoms with E-state index in [1.54, 1.807) is 17.3 Å². The Balaban J connectivity index is 2.93. The van der Waals surface area contributed by atoms with Crippen molar-refractivity contribution in [3.63, 3.8) is 0 Å². The number of carbonyl (C=O) groups excluding carboxylic acids is 1. The lowest BCUT2D eigenvalue weighted by atomic mass is 10.1. The molecule has 0 aliphatic rings. The molecule has 0 amide bonds. The highest BCUT2D eigenvalue weighted by Crippen LogP contribution is 2.02. The van der Waals surface area contributed by atoms with Gasteiger partial charge in [-0.25, -0.2) is 0 Å². The van der Waals surface area contributed by atoms with E-state index in [4.69, 9.17) is 0 Å². The molecular formula is C10H12N2O. The molecule has 0 atom stereocenters. The van der Waals surface area contributed by atoms with E-state index in [2.05, 4.69) is 5.10 Å². The Labute approximate surface area is 77.7 Å². The lowest BCUT2D eigenvalue weighted by Gasteiger charge is -2.03. The zero-order chi connectivity index (χ0) is 9.68. The summed E-state index contributed by atoms with van der Waals surface area (Å²) in [5, 5.41) is 5.73. The maximum Gasteiger partial charge on any atom is 0.150 e. The van der Waals surface area contributed by atoms with Gasteiger partial charge in [-0.05, 0) is 0 Å². The molecule has 0 aliphatic heterocycles. The monoisotopic (exact) mass is 176 g/mol. The van der Waals surface area contributed by atoms with Gasteiger partial charge in [-0.1, -0.05) is 24.3 Å². The van der Waals surface area contributed by atoms with E-state index in [1.807, 2.05) is 32.3 Å². The van der Waals surface area contributed by atoms with Crippen LogP contribution in [0.1, 0.15) is 15.9 Å². The quantitative estimate of drug-likeness (QED) is 0.396. The largest absolute Gasteiger partial charge is 0.303 e. The van der Waals surface area contributed by atoms with Crippen LogP contribution < -0.4 is 0 Å². The normalized spacial score (nSPS) is 10.3. The minimum atomic E-state index is 0.660. The molecule has 0 radical (unpaired) electrons. The molecule has 0 saturated heterocycles. The average molecular weight is 176 g/mol. The van der Waals surface area contributed by atoms with Crippen LogP contribution in [0.3, 0.4) is 0 Å². The molecule has 3 nitrogen and oxygen atoms in total. The zero-order valence-corrected chi connectivity index (χ0v) is 7.77. The molecular weight excluding hydrogens is 164 g/mol. The number of hydrazone groups is 1. The van der Waals surface area contributed by atoms with Crippen molar-refractivity contribution in [1.29, 1.82) is 0 Å². The third-order valence-corrected chi connectivity index (χ3v) is 1.55. The number of nitrogens with zero attached hydrogens (tertiary/aromatic N) is 2. The van der Waals surface area contributed by atoms with Crippen molar-refractivity contribution in [3.8, 4) is 0 Å². The summed E-state index contributed by atoms with van der Waals surface area (Å²) in [7, 11) is 3.67. The topological polar surface area (TPSA) is 32.7 Å². The van der Waals surface area contributed by atoms with E-state index in [0.29, 0.717) is 5.56 Å². The van der Waals surface area contributed by atoms with Crippen molar-refractivity contribution >= 4 is 12.5 Å². The number of carbonyl (C=O) groups is 1. The number of aldehydes is 1. The smallest absolute Gasteiger partial charge is 0.150 e. The van der Waals surface area contributed by atoms with Crippen molar-refractivity contribution in [3.05, 3.63) is 35.4 Å². The second-order valence-corrected chi connectivity index (χ2v) is 2.84. The molecule has 68 valence electrons. The lowest BCUT2D eigenvalue weighted by molar-refractivity contribution is 0.112. The van der Waals surface area contributed by atoms with Crippen molar-refractivity contribution in [2.75, 3.05) is 14.1 Å². The Morgan fingerprint density at radius 1 is 1.23 bits per heavy atom. The van der Waals surface area contributed by atoms with Crippen molar-refractivity contribution in [2.45, 2.75) is 0 Å². The molecule has 0 aromatic heterocycles. The molecule has 13 heavy (non-hydrogen) atoms. The first kappa shape index (κ1) is 9.45. The van der Waals surface area contributed by atoms with Crippen LogP contribution >= 0.6 is 0 Å². The van der Waals surface area contributed by atoms with Crippen LogP contribution in [0.2, 0.25) is 0 Å². The van der Waals surface area contributed by atoms with Gasteiger partial charge in [0.25, 0.3) is 0 Å². The van der Waals surface area contributed by atoms with E-state index in [1.165, 1.54) is 0 Å². The first-order chi connectivity index (χ1) is 6.24. The van der Waals surface area contributed by atoms with Crippen LogP contribution in [0.4, 0.5) is 0 Å². The highest BCUT2D eigenvalue weighted by molar-refractivity contribution is 5.92. The summed E-state index contributed by atoms with van der Waals surface area (Å²) in [4.78, 5) is 10.6. The standard InChI is InChI=1S/C10H12N2O/c1-12(2)11-7-9-5-3-4-6-10(9)8-13/h3-8H,1-2H3/b11-7-. The van der Waals surface area contributed by atoms with E-state index in [9.17, 15) is 4.79 Å². The molecule has 0 bridgehead atoms. The fourth-order valence-corrected chi connectivity index (χ4v) is 0.913. The fourth-order valence-electron chi connectivity index (χ4n) is 0.913. The van der Waals surface area contributed by atoms with Gasteiger partial charge in [0.2, 0.25) is 0 Å². The summed E-state index contributed by atoms with van der Waals surface area (Å²) in [5.74, 6) is 0. The Morgan fingerprint density at radius 2 is 1.85 bits per heavy atom. The summed E-state index contributed by atoms with van der Waals surface area (Å²) in [5.41, 5.74) is 1.50. The molecule has 1 aromatic rings. The van der Waals surface area contributed by atoms with Gasteiger partial charge in [-0.2, -0.15) is 5.10 Å². The summed E-state index contributed by atoms with van der Waals surface area (Å²) >= 11 is 0. The Kier molecular flexibility index (Phi) is 3.20. The number of hydrogen-bond donors (Lipinski definition) is 0. The van der Waals surface area contributed by atoms with Crippen LogP contribution in [0.5, 0.6) is 0 Å². The number of benzene rings is 1. The molecule has 3 heteroatoms. The van der Waals surface area contributed by atoms with Gasteiger partial charge in [0.15, 0.2) is 6.29 Å². The Hall–Kier alpha value is -1.64. The Morgan fingerprint density at radius 3 is 2.38 bits per heavy atom. The second-order valence-electron chi connectivity index (χ2n) is 2.84. The van der Waals surface area contributed by atoms with Crippen LogP contribution in [-0.2, 0) is 0 Å². The van der Waals surface area contributed by atoms with Crippen LogP contribution in [0.15, 0.2) is 29.4 Å². The van der Waals surface area contributed by atoms with Crippen LogP contribution in [0.25, 0.3) is 0 Å². The van der Waals surface area contributed by atoms with Gasteiger partial charge in [0.1, 0.15) is 0 Å². The van der Waals surface area contributed by atoms with Crippen molar-refractivity contribution in [2.24, 2.45) is 5.10 Å². The second kappa shape index (κ2) is 4.40. The molecule has 0 spiro atoms. The minimum Gasteiger partial charge on any atom is -0.303 e. The lowest BCUT2D eigenvalue weighted by Crippen LogP contribution is -2.02. The van der Waals surface area contributed by atoms with Crippen LogP contribution in [0, 0.1) is 0 Å². The van der Waals surface area contributed by atoms with E-state index >= 15 is 0 Å². The molecule has 0 fully saturated rings. The molecule has 1 aromatic carbocycles. The van der Waals surface area contributed by atoms with Gasteiger partial charge in [-0.15, -0.1) is 0 Å². The first-order valence-electron chi connectivity index (χ1n) is 3.99. The summed E-state index contributed by atoms with van der Waals surface area (Å²) in [6.07, 6.45) is 2.50. The van der Waals surface area contributed by atoms with Crippen molar-refractivity contribution in [1.82, 2.24) is 5.01 Å². The van der Waals surface area contributed by atoms with Gasteiger partial charge >= 0.3 is 0 Å². The SMILES string of the molecule is CN(C)/N=C\c1ccccc1C=O. The highest BCUT2D eigenvalue weighted by Gasteiger charge is 1.95. The summed E-state index contributed by atoms with van der Waals surface area (Å²) in [6, 6.07) is 7.33. The number of rotatable bonds is 3. The van der Waals surface area contributed by atoms with E-state index < -0.39 is 0 Å². The third kappa shape index (κ3) is 2.71. The van der Waals surface area contributed by atoms with E-state index in [0.717, 1.165) is 11.8 Å². The minimum absolute atomic E-state index is 0.660. The highest BCUT2D eigenvalue weighted by atomic mass is 16.1. The molecule has 0 heterocycles. The number of hydrogen-bond acceptors (Lipinski definition) is 3. The average Bonchev–Trinajstić information content (AvgIpc) is 2.15. The summed E-state index contributed by atoms with van der Waals surface area (Å²) in [6.45, 7) is 0. The maximum absolute atomic E-state index is 10.6.